The molecule has 0 spiro atoms. The van der Waals surface area contributed by atoms with Crippen LogP contribution in [0.15, 0.2) is 41.3 Å². The molecule has 0 aliphatic rings. The van der Waals surface area contributed by atoms with Gasteiger partial charge in [0.2, 0.25) is 15.9 Å². The first-order valence-electron chi connectivity index (χ1n) is 9.34. The van der Waals surface area contributed by atoms with Gasteiger partial charge in [-0.05, 0) is 68.1 Å². The van der Waals surface area contributed by atoms with E-state index < -0.39 is 16.1 Å². The molecule has 2 N–H and O–H groups in total. The van der Waals surface area contributed by atoms with E-state index in [1.807, 2.05) is 52.8 Å². The molecule has 1 amide bonds. The molecule has 1 aromatic heterocycles. The first-order chi connectivity index (χ1) is 13.5. The molecule has 1 unspecified atom stereocenters. The Kier molecular flexibility index (Phi) is 6.07. The van der Waals surface area contributed by atoms with Gasteiger partial charge in [-0.3, -0.25) is 4.79 Å². The molecule has 0 radical (unpaired) electrons. The Labute approximate surface area is 175 Å². The van der Waals surface area contributed by atoms with Crippen molar-refractivity contribution in [3.63, 3.8) is 0 Å². The van der Waals surface area contributed by atoms with E-state index >= 15 is 0 Å². The zero-order valence-corrected chi connectivity index (χ0v) is 18.7. The second kappa shape index (κ2) is 8.22. The molecule has 6 nitrogen and oxygen atoms in total. The molecule has 154 valence electrons. The van der Waals surface area contributed by atoms with E-state index in [-0.39, 0.29) is 16.7 Å². The summed E-state index contributed by atoms with van der Waals surface area (Å²) < 4.78 is 29.3. The lowest BCUT2D eigenvalue weighted by molar-refractivity contribution is -0.118. The maximum atomic E-state index is 13.0. The van der Waals surface area contributed by atoms with Crippen molar-refractivity contribution in [3.8, 4) is 0 Å². The van der Waals surface area contributed by atoms with Gasteiger partial charge in [0.1, 0.15) is 6.04 Å². The summed E-state index contributed by atoms with van der Waals surface area (Å²) in [6.45, 7) is 9.39. The molecule has 1 atom stereocenters. The highest BCUT2D eigenvalue weighted by Crippen LogP contribution is 2.25. The average Bonchev–Trinajstić information content (AvgIpc) is 2.97. The number of hydrogen-bond donors (Lipinski definition) is 2. The number of hydrogen-bond acceptors (Lipinski definition) is 5. The third-order valence-electron chi connectivity index (χ3n) is 4.50. The van der Waals surface area contributed by atoms with Gasteiger partial charge in [-0.2, -0.15) is 4.72 Å². The van der Waals surface area contributed by atoms with Gasteiger partial charge in [-0.15, -0.1) is 11.3 Å². The molecule has 8 heteroatoms. The van der Waals surface area contributed by atoms with Crippen molar-refractivity contribution in [2.45, 2.75) is 45.6 Å². The normalized spacial score (nSPS) is 13.0. The highest BCUT2D eigenvalue weighted by molar-refractivity contribution is 7.89. The van der Waals surface area contributed by atoms with E-state index in [0.29, 0.717) is 5.69 Å². The van der Waals surface area contributed by atoms with Gasteiger partial charge in [0, 0.05) is 5.69 Å². The number of nitrogens with zero attached hydrogens (tertiary/aromatic N) is 1. The molecular weight excluding hydrogens is 406 g/mol. The van der Waals surface area contributed by atoms with E-state index in [4.69, 9.17) is 0 Å². The zero-order valence-electron chi connectivity index (χ0n) is 17.1. The van der Waals surface area contributed by atoms with Gasteiger partial charge < -0.3 is 5.32 Å². The molecule has 29 heavy (non-hydrogen) atoms. The number of carbonyl (C=O) groups is 1. The van der Waals surface area contributed by atoms with Crippen LogP contribution in [0.5, 0.6) is 0 Å². The Balaban J connectivity index is 1.85. The number of rotatable bonds is 6. The van der Waals surface area contributed by atoms with Crippen LogP contribution in [0.1, 0.15) is 30.0 Å². The second-order valence-corrected chi connectivity index (χ2v) is 10.5. The fraction of sp³-hybridized carbons (Fsp3) is 0.333. The van der Waals surface area contributed by atoms with E-state index in [1.165, 1.54) is 17.4 Å². The van der Waals surface area contributed by atoms with Crippen LogP contribution in [-0.2, 0) is 14.8 Å². The standard InChI is InChI=1S/C21H25N3O3S2/c1-12(2)20(21(25)23-16-9-13(3)8-14(4)10-16)24-29(26,27)17-6-7-18-19(11-17)28-15(5)22-18/h6-12,20,24H,1-5H3,(H,23,25). The molecular formula is C21H25N3O3S2. The van der Waals surface area contributed by atoms with Crippen LogP contribution in [0.4, 0.5) is 5.69 Å². The number of sulfonamides is 1. The van der Waals surface area contributed by atoms with Crippen molar-refractivity contribution in [3.05, 3.63) is 52.5 Å². The predicted octanol–water partition coefficient (Wildman–Crippen LogP) is 4.16. The SMILES string of the molecule is Cc1cc(C)cc(NC(=O)C(NS(=O)(=O)c2ccc3nc(C)sc3c2)C(C)C)c1. The smallest absolute Gasteiger partial charge is 0.242 e. The number of thiazole rings is 1. The molecule has 0 aliphatic heterocycles. The third kappa shape index (κ3) is 5.01. The van der Waals surface area contributed by atoms with Crippen LogP contribution in [0, 0.1) is 26.7 Å². The Morgan fingerprint density at radius 2 is 1.69 bits per heavy atom. The monoisotopic (exact) mass is 431 g/mol. The van der Waals surface area contributed by atoms with Crippen molar-refractivity contribution in [2.75, 3.05) is 5.32 Å². The van der Waals surface area contributed by atoms with Crippen molar-refractivity contribution in [1.29, 1.82) is 0 Å². The summed E-state index contributed by atoms with van der Waals surface area (Å²) in [6, 6.07) is 9.63. The van der Waals surface area contributed by atoms with E-state index in [1.54, 1.807) is 12.1 Å². The fourth-order valence-corrected chi connectivity index (χ4v) is 5.49. The number of aromatic nitrogens is 1. The summed E-state index contributed by atoms with van der Waals surface area (Å²) in [5.74, 6) is -0.617. The molecule has 0 saturated heterocycles. The zero-order chi connectivity index (χ0) is 21.3. The molecule has 3 rings (SSSR count). The van der Waals surface area contributed by atoms with E-state index in [2.05, 4.69) is 15.0 Å². The van der Waals surface area contributed by atoms with E-state index in [9.17, 15) is 13.2 Å². The lowest BCUT2D eigenvalue weighted by atomic mass is 10.0. The number of amides is 1. The summed E-state index contributed by atoms with van der Waals surface area (Å²) in [5.41, 5.74) is 3.46. The number of benzene rings is 2. The predicted molar refractivity (Wildman–Crippen MR) is 118 cm³/mol. The number of nitrogens with one attached hydrogen (secondary N) is 2. The molecule has 1 heterocycles. The minimum Gasteiger partial charge on any atom is -0.325 e. The van der Waals surface area contributed by atoms with Crippen LogP contribution >= 0.6 is 11.3 Å². The summed E-state index contributed by atoms with van der Waals surface area (Å²) in [5, 5.41) is 3.71. The lowest BCUT2D eigenvalue weighted by Gasteiger charge is -2.22. The quantitative estimate of drug-likeness (QED) is 0.613. The first-order valence-corrected chi connectivity index (χ1v) is 11.6. The Morgan fingerprint density at radius 1 is 1.03 bits per heavy atom. The van der Waals surface area contributed by atoms with Crippen molar-refractivity contribution in [1.82, 2.24) is 9.71 Å². The molecule has 0 saturated carbocycles. The minimum absolute atomic E-state index is 0.124. The molecule has 0 bridgehead atoms. The van der Waals surface area contributed by atoms with Crippen molar-refractivity contribution >= 4 is 43.2 Å². The minimum atomic E-state index is -3.87. The topological polar surface area (TPSA) is 88.2 Å². The highest BCUT2D eigenvalue weighted by atomic mass is 32.2. The van der Waals surface area contributed by atoms with Crippen LogP contribution < -0.4 is 10.0 Å². The van der Waals surface area contributed by atoms with Gasteiger partial charge >= 0.3 is 0 Å². The number of aryl methyl sites for hydroxylation is 3. The van der Waals surface area contributed by atoms with Crippen molar-refractivity contribution in [2.24, 2.45) is 5.92 Å². The first kappa shape index (κ1) is 21.4. The molecule has 2 aromatic carbocycles. The van der Waals surface area contributed by atoms with Gasteiger partial charge in [-0.25, -0.2) is 13.4 Å². The Hall–Kier alpha value is -2.29. The summed E-state index contributed by atoms with van der Waals surface area (Å²) in [6.07, 6.45) is 0. The maximum Gasteiger partial charge on any atom is 0.242 e. The van der Waals surface area contributed by atoms with Crippen LogP contribution in [0.3, 0.4) is 0 Å². The Bertz CT molecular complexity index is 1150. The van der Waals surface area contributed by atoms with Gasteiger partial charge in [-0.1, -0.05) is 19.9 Å². The maximum absolute atomic E-state index is 13.0. The molecule has 0 aliphatic carbocycles. The number of fused-ring (bicyclic) bond motifs is 1. The molecule has 0 fully saturated rings. The number of carbonyl (C=O) groups excluding carboxylic acids is 1. The van der Waals surface area contributed by atoms with Gasteiger partial charge in [0.25, 0.3) is 0 Å². The van der Waals surface area contributed by atoms with Crippen LogP contribution in [0.2, 0.25) is 0 Å². The van der Waals surface area contributed by atoms with E-state index in [0.717, 1.165) is 26.4 Å². The van der Waals surface area contributed by atoms with Gasteiger partial charge in [0.15, 0.2) is 0 Å². The fourth-order valence-electron chi connectivity index (χ4n) is 3.18. The molecule has 3 aromatic rings. The highest BCUT2D eigenvalue weighted by Gasteiger charge is 2.29. The summed E-state index contributed by atoms with van der Waals surface area (Å²) in [4.78, 5) is 17.3. The third-order valence-corrected chi connectivity index (χ3v) is 6.87. The average molecular weight is 432 g/mol. The summed E-state index contributed by atoms with van der Waals surface area (Å²) >= 11 is 1.44. The Morgan fingerprint density at radius 3 is 2.31 bits per heavy atom. The van der Waals surface area contributed by atoms with Crippen molar-refractivity contribution < 1.29 is 13.2 Å². The summed E-state index contributed by atoms with van der Waals surface area (Å²) in [7, 11) is -3.87. The second-order valence-electron chi connectivity index (χ2n) is 7.57. The lowest BCUT2D eigenvalue weighted by Crippen LogP contribution is -2.47. The van der Waals surface area contributed by atoms with Crippen LogP contribution in [-0.4, -0.2) is 25.4 Å². The number of anilines is 1. The largest absolute Gasteiger partial charge is 0.325 e. The van der Waals surface area contributed by atoms with Crippen LogP contribution in [0.25, 0.3) is 10.2 Å². The van der Waals surface area contributed by atoms with Gasteiger partial charge in [0.05, 0.1) is 20.1 Å².